The van der Waals surface area contributed by atoms with E-state index in [1.807, 2.05) is 55.5 Å². The number of aryl methyl sites for hydroxylation is 1. The molecule has 106 valence electrons. The lowest BCUT2D eigenvalue weighted by Gasteiger charge is -2.07. The smallest absolute Gasteiger partial charge is 0.273 e. The van der Waals surface area contributed by atoms with Crippen LogP contribution in [-0.2, 0) is 11.2 Å². The topological polar surface area (TPSA) is 51.1 Å². The normalized spacial score (nSPS) is 10.7. The summed E-state index contributed by atoms with van der Waals surface area (Å²) in [6, 6.07) is 15.2. The van der Waals surface area contributed by atoms with Gasteiger partial charge in [-0.1, -0.05) is 53.3 Å². The van der Waals surface area contributed by atoms with Crippen LogP contribution in [0.15, 0.2) is 53.3 Å². The number of aromatic nitrogens is 1. The van der Waals surface area contributed by atoms with E-state index in [9.17, 15) is 9.59 Å². The Morgan fingerprint density at radius 3 is 2.81 bits per heavy atom. The maximum Gasteiger partial charge on any atom is 0.326 e. The molecule has 0 spiro atoms. The van der Waals surface area contributed by atoms with Gasteiger partial charge >= 0.3 is 4.87 Å². The van der Waals surface area contributed by atoms with Crippen LogP contribution >= 0.6 is 11.3 Å². The zero-order valence-corrected chi connectivity index (χ0v) is 12.3. The molecule has 0 saturated heterocycles. The molecule has 0 fully saturated rings. The van der Waals surface area contributed by atoms with Crippen molar-refractivity contribution >= 4 is 27.5 Å². The fourth-order valence-corrected chi connectivity index (χ4v) is 3.08. The molecule has 1 N–H and O–H groups in total. The summed E-state index contributed by atoms with van der Waals surface area (Å²) in [5, 5.41) is 0. The lowest BCUT2D eigenvalue weighted by Crippen LogP contribution is -2.30. The van der Waals surface area contributed by atoms with Gasteiger partial charge in [0.15, 0.2) is 0 Å². The molecule has 0 unspecified atom stereocenters. The number of hydrogen-bond donors (Lipinski definition) is 1. The highest BCUT2D eigenvalue weighted by Crippen LogP contribution is 2.15. The number of rotatable bonds is 3. The molecule has 1 amide bonds. The summed E-state index contributed by atoms with van der Waals surface area (Å²) in [5.74, 6) is -0.203. The Hall–Kier alpha value is -2.40. The number of thiazole rings is 1. The van der Waals surface area contributed by atoms with Gasteiger partial charge in [0, 0.05) is 0 Å². The summed E-state index contributed by atoms with van der Waals surface area (Å²) < 4.78 is 2.18. The largest absolute Gasteiger partial charge is 0.326 e. The number of nitrogens with one attached hydrogen (secondary N) is 1. The molecule has 4 nitrogen and oxygen atoms in total. The zero-order valence-electron chi connectivity index (χ0n) is 11.5. The molecule has 3 aromatic rings. The molecule has 0 radical (unpaired) electrons. The second-order valence-corrected chi connectivity index (χ2v) is 5.87. The molecule has 0 atom stereocenters. The number of hydrogen-bond acceptors (Lipinski definition) is 3. The first-order valence-corrected chi connectivity index (χ1v) is 7.41. The van der Waals surface area contributed by atoms with Crippen molar-refractivity contribution in [2.45, 2.75) is 13.3 Å². The predicted molar refractivity (Wildman–Crippen MR) is 85.3 cm³/mol. The van der Waals surface area contributed by atoms with E-state index in [4.69, 9.17) is 0 Å². The molecule has 1 aromatic heterocycles. The van der Waals surface area contributed by atoms with Crippen molar-refractivity contribution < 1.29 is 4.79 Å². The van der Waals surface area contributed by atoms with Crippen molar-refractivity contribution in [2.24, 2.45) is 0 Å². The average molecular weight is 298 g/mol. The molecule has 0 aliphatic carbocycles. The van der Waals surface area contributed by atoms with Gasteiger partial charge in [0.2, 0.25) is 5.91 Å². The van der Waals surface area contributed by atoms with Gasteiger partial charge in [-0.3, -0.25) is 15.0 Å². The fourth-order valence-electron chi connectivity index (χ4n) is 2.24. The van der Waals surface area contributed by atoms with Gasteiger partial charge in [0.05, 0.1) is 16.6 Å². The zero-order chi connectivity index (χ0) is 14.8. The molecule has 0 saturated carbocycles. The van der Waals surface area contributed by atoms with E-state index in [2.05, 4.69) is 5.43 Å². The van der Waals surface area contributed by atoms with Crippen molar-refractivity contribution in [3.05, 3.63) is 69.3 Å². The van der Waals surface area contributed by atoms with Crippen LogP contribution in [0.4, 0.5) is 0 Å². The molecular weight excluding hydrogens is 284 g/mol. The lowest BCUT2D eigenvalue weighted by atomic mass is 10.1. The van der Waals surface area contributed by atoms with Crippen LogP contribution in [0.1, 0.15) is 11.1 Å². The average Bonchev–Trinajstić information content (AvgIpc) is 2.75. The second kappa shape index (κ2) is 5.54. The van der Waals surface area contributed by atoms with Crippen LogP contribution in [0, 0.1) is 6.92 Å². The molecule has 5 heteroatoms. The molecule has 21 heavy (non-hydrogen) atoms. The number of benzene rings is 2. The van der Waals surface area contributed by atoms with E-state index in [1.54, 1.807) is 0 Å². The van der Waals surface area contributed by atoms with Crippen molar-refractivity contribution in [3.8, 4) is 0 Å². The van der Waals surface area contributed by atoms with Crippen LogP contribution in [0.3, 0.4) is 0 Å². The Morgan fingerprint density at radius 2 is 2.00 bits per heavy atom. The van der Waals surface area contributed by atoms with Gasteiger partial charge in [-0.2, -0.15) is 0 Å². The van der Waals surface area contributed by atoms with Gasteiger partial charge in [-0.15, -0.1) is 0 Å². The molecule has 0 aliphatic rings. The molecule has 0 bridgehead atoms. The highest BCUT2D eigenvalue weighted by atomic mass is 32.1. The summed E-state index contributed by atoms with van der Waals surface area (Å²) in [6.07, 6.45) is 0.248. The Labute approximate surface area is 125 Å². The van der Waals surface area contributed by atoms with Crippen LogP contribution in [0.5, 0.6) is 0 Å². The van der Waals surface area contributed by atoms with Crippen molar-refractivity contribution in [3.63, 3.8) is 0 Å². The van der Waals surface area contributed by atoms with Crippen molar-refractivity contribution in [1.82, 2.24) is 4.68 Å². The van der Waals surface area contributed by atoms with E-state index < -0.39 is 0 Å². The van der Waals surface area contributed by atoms with Crippen LogP contribution in [-0.4, -0.2) is 10.6 Å². The predicted octanol–water partition coefficient (Wildman–Crippen LogP) is 2.68. The summed E-state index contributed by atoms with van der Waals surface area (Å²) in [5.41, 5.74) is 5.44. The third-order valence-corrected chi connectivity index (χ3v) is 4.09. The van der Waals surface area contributed by atoms with Gasteiger partial charge in [-0.05, 0) is 24.6 Å². The van der Waals surface area contributed by atoms with Crippen LogP contribution < -0.4 is 10.3 Å². The minimum Gasteiger partial charge on any atom is -0.273 e. The highest BCUT2D eigenvalue weighted by Gasteiger charge is 2.10. The minimum absolute atomic E-state index is 0.186. The van der Waals surface area contributed by atoms with E-state index in [0.717, 1.165) is 32.7 Å². The number of nitrogens with zero attached hydrogens (tertiary/aromatic N) is 1. The quantitative estimate of drug-likeness (QED) is 0.808. The fraction of sp³-hybridized carbons (Fsp3) is 0.125. The molecule has 1 heterocycles. The maximum atomic E-state index is 12.1. The Bertz CT molecular complexity index is 864. The second-order valence-electron chi connectivity index (χ2n) is 4.87. The SMILES string of the molecule is Cc1cccc(CC(=O)Nn2c(=O)sc3ccccc32)c1. The third kappa shape index (κ3) is 2.87. The Balaban J connectivity index is 1.84. The van der Waals surface area contributed by atoms with E-state index in [-0.39, 0.29) is 17.2 Å². The molecular formula is C16H14N2O2S. The van der Waals surface area contributed by atoms with Gasteiger partial charge in [0.1, 0.15) is 0 Å². The first-order chi connectivity index (χ1) is 10.1. The van der Waals surface area contributed by atoms with Gasteiger partial charge < -0.3 is 0 Å². The molecule has 0 aliphatic heterocycles. The number of carbonyl (C=O) groups is 1. The van der Waals surface area contributed by atoms with Crippen LogP contribution in [0.2, 0.25) is 0 Å². The number of carbonyl (C=O) groups excluding carboxylic acids is 1. The number of amides is 1. The lowest BCUT2D eigenvalue weighted by molar-refractivity contribution is -0.116. The van der Waals surface area contributed by atoms with E-state index >= 15 is 0 Å². The Kier molecular flexibility index (Phi) is 3.58. The van der Waals surface area contributed by atoms with Crippen molar-refractivity contribution in [1.29, 1.82) is 0 Å². The molecule has 3 rings (SSSR count). The maximum absolute atomic E-state index is 12.1. The van der Waals surface area contributed by atoms with E-state index in [1.165, 1.54) is 4.68 Å². The number of para-hydroxylation sites is 1. The highest BCUT2D eigenvalue weighted by molar-refractivity contribution is 7.16. The minimum atomic E-state index is -0.203. The van der Waals surface area contributed by atoms with Gasteiger partial charge in [-0.25, -0.2) is 4.68 Å². The third-order valence-electron chi connectivity index (χ3n) is 3.17. The summed E-state index contributed by atoms with van der Waals surface area (Å²) in [7, 11) is 0. The van der Waals surface area contributed by atoms with E-state index in [0.29, 0.717) is 0 Å². The Morgan fingerprint density at radius 1 is 1.19 bits per heavy atom. The summed E-state index contributed by atoms with van der Waals surface area (Å²) in [6.45, 7) is 1.98. The monoisotopic (exact) mass is 298 g/mol. The summed E-state index contributed by atoms with van der Waals surface area (Å²) >= 11 is 1.12. The van der Waals surface area contributed by atoms with Gasteiger partial charge in [0.25, 0.3) is 0 Å². The number of fused-ring (bicyclic) bond motifs is 1. The summed E-state index contributed by atoms with van der Waals surface area (Å²) in [4.78, 5) is 23.9. The van der Waals surface area contributed by atoms with Crippen LogP contribution in [0.25, 0.3) is 10.2 Å². The molecule has 2 aromatic carbocycles. The first kappa shape index (κ1) is 13.6. The van der Waals surface area contributed by atoms with Crippen molar-refractivity contribution in [2.75, 3.05) is 5.43 Å². The standard InChI is InChI=1S/C16H14N2O2S/c1-11-5-4-6-12(9-11)10-15(19)17-18-13-7-2-3-8-14(13)21-16(18)20/h2-9H,10H2,1H3,(H,17,19). The first-order valence-electron chi connectivity index (χ1n) is 6.59.